The van der Waals surface area contributed by atoms with Crippen LogP contribution in [0.2, 0.25) is 0 Å². The van der Waals surface area contributed by atoms with Crippen molar-refractivity contribution in [3.63, 3.8) is 0 Å². The van der Waals surface area contributed by atoms with Crippen molar-refractivity contribution in [1.29, 1.82) is 0 Å². The molecular formula is C19H22N4O6S. The van der Waals surface area contributed by atoms with Crippen molar-refractivity contribution in [3.05, 3.63) is 35.4 Å². The first-order valence-corrected chi connectivity index (χ1v) is 10.4. The zero-order valence-corrected chi connectivity index (χ0v) is 17.0. The maximum absolute atomic E-state index is 12.8. The molecule has 1 aromatic rings. The van der Waals surface area contributed by atoms with Crippen LogP contribution < -0.4 is 16.4 Å². The van der Waals surface area contributed by atoms with Crippen molar-refractivity contribution in [2.75, 3.05) is 5.75 Å². The second-order valence-corrected chi connectivity index (χ2v) is 8.25. The number of hydrogen-bond donors (Lipinski definition) is 4. The second-order valence-electron chi connectivity index (χ2n) is 7.14. The van der Waals surface area contributed by atoms with Gasteiger partial charge < -0.3 is 26.4 Å². The fourth-order valence-corrected chi connectivity index (χ4v) is 4.92. The van der Waals surface area contributed by atoms with E-state index in [1.807, 2.05) is 12.1 Å². The molecule has 1 saturated heterocycles. The van der Waals surface area contributed by atoms with Crippen LogP contribution in [0.1, 0.15) is 41.1 Å². The third kappa shape index (κ3) is 4.25. The number of carbonyl (C=O) groups is 5. The van der Waals surface area contributed by atoms with Crippen molar-refractivity contribution in [2.24, 2.45) is 5.73 Å². The number of amides is 4. The van der Waals surface area contributed by atoms with E-state index < -0.39 is 41.8 Å². The molecule has 2 aliphatic rings. The Balaban J connectivity index is 1.61. The number of hydrogen-bond acceptors (Lipinski definition) is 6. The molecule has 0 bridgehead atoms. The van der Waals surface area contributed by atoms with Gasteiger partial charge in [-0.25, -0.2) is 4.79 Å². The summed E-state index contributed by atoms with van der Waals surface area (Å²) in [5.41, 5.74) is 6.45. The van der Waals surface area contributed by atoms with Crippen LogP contribution in [0.15, 0.2) is 24.3 Å². The Morgan fingerprint density at radius 1 is 1.27 bits per heavy atom. The molecule has 0 radical (unpaired) electrons. The number of nitrogens with one attached hydrogen (secondary N) is 2. The first-order chi connectivity index (χ1) is 14.2. The maximum Gasteiger partial charge on any atom is 0.326 e. The third-order valence-electron chi connectivity index (χ3n) is 5.04. The van der Waals surface area contributed by atoms with Gasteiger partial charge in [0.25, 0.3) is 5.91 Å². The standard InChI is InChI=1S/C19H22N4O6S/c1-9(15(25)22-12(19(28)29)6-7-14(20)24)21-16(26)13-8-30-18-11-5-3-2-4-10(11)17(27)23(13)18/h2-5,9,12-13,18H,6-8H2,1H3,(H2,20,24)(H,21,26)(H,22,25)(H,28,29). The number of carboxylic acid groups (broad SMARTS) is 1. The number of primary amides is 1. The average Bonchev–Trinajstić information content (AvgIpc) is 3.25. The highest BCUT2D eigenvalue weighted by Gasteiger charge is 2.48. The predicted octanol–water partition coefficient (Wildman–Crippen LogP) is -0.404. The minimum absolute atomic E-state index is 0.154. The van der Waals surface area contributed by atoms with Gasteiger partial charge in [-0.05, 0) is 25.0 Å². The van der Waals surface area contributed by atoms with Crippen molar-refractivity contribution < 1.29 is 29.1 Å². The van der Waals surface area contributed by atoms with Gasteiger partial charge in [0.05, 0.1) is 0 Å². The summed E-state index contributed by atoms with van der Waals surface area (Å²) in [7, 11) is 0. The van der Waals surface area contributed by atoms with Crippen molar-refractivity contribution in [2.45, 2.75) is 43.3 Å². The molecule has 2 aliphatic heterocycles. The van der Waals surface area contributed by atoms with Gasteiger partial charge in [0.2, 0.25) is 17.7 Å². The lowest BCUT2D eigenvalue weighted by atomic mass is 10.1. The van der Waals surface area contributed by atoms with E-state index in [4.69, 9.17) is 5.73 Å². The first kappa shape index (κ1) is 21.6. The first-order valence-electron chi connectivity index (χ1n) is 9.35. The average molecular weight is 434 g/mol. The van der Waals surface area contributed by atoms with E-state index in [0.29, 0.717) is 11.3 Å². The van der Waals surface area contributed by atoms with Crippen LogP contribution in [0.4, 0.5) is 0 Å². The third-order valence-corrected chi connectivity index (χ3v) is 6.35. The second kappa shape index (κ2) is 8.74. The van der Waals surface area contributed by atoms with Crippen LogP contribution in [-0.4, -0.2) is 63.5 Å². The number of nitrogens with two attached hydrogens (primary N) is 1. The van der Waals surface area contributed by atoms with Crippen LogP contribution in [0.25, 0.3) is 0 Å². The van der Waals surface area contributed by atoms with Crippen molar-refractivity contribution in [3.8, 4) is 0 Å². The lowest BCUT2D eigenvalue weighted by molar-refractivity contribution is -0.142. The van der Waals surface area contributed by atoms with E-state index >= 15 is 0 Å². The van der Waals surface area contributed by atoms with E-state index in [1.54, 1.807) is 12.1 Å². The van der Waals surface area contributed by atoms with Crippen LogP contribution in [0.3, 0.4) is 0 Å². The molecular weight excluding hydrogens is 412 g/mol. The summed E-state index contributed by atoms with van der Waals surface area (Å²) in [6.07, 6.45) is -0.352. The molecule has 4 amide bonds. The lowest BCUT2D eigenvalue weighted by Gasteiger charge is -2.24. The number of carboxylic acids is 1. The maximum atomic E-state index is 12.8. The Morgan fingerprint density at radius 2 is 1.97 bits per heavy atom. The summed E-state index contributed by atoms with van der Waals surface area (Å²) in [5.74, 6) is -3.02. The predicted molar refractivity (Wildman–Crippen MR) is 107 cm³/mol. The number of nitrogens with zero attached hydrogens (tertiary/aromatic N) is 1. The largest absolute Gasteiger partial charge is 0.480 e. The highest BCUT2D eigenvalue weighted by atomic mass is 32.2. The Morgan fingerprint density at radius 3 is 2.63 bits per heavy atom. The van der Waals surface area contributed by atoms with Gasteiger partial charge in [0.15, 0.2) is 0 Å². The molecule has 1 aromatic carbocycles. The summed E-state index contributed by atoms with van der Waals surface area (Å²) >= 11 is 1.48. The molecule has 30 heavy (non-hydrogen) atoms. The summed E-state index contributed by atoms with van der Waals surface area (Å²) < 4.78 is 0. The molecule has 11 heteroatoms. The molecule has 0 spiro atoms. The Labute approximate surface area is 176 Å². The Kier molecular flexibility index (Phi) is 6.30. The van der Waals surface area contributed by atoms with Gasteiger partial charge in [0, 0.05) is 17.7 Å². The molecule has 160 valence electrons. The molecule has 0 aromatic heterocycles. The fraction of sp³-hybridized carbons (Fsp3) is 0.421. The monoisotopic (exact) mass is 434 g/mol. The highest BCUT2D eigenvalue weighted by Crippen LogP contribution is 2.48. The molecule has 4 atom stereocenters. The quantitative estimate of drug-likeness (QED) is 0.433. The lowest BCUT2D eigenvalue weighted by Crippen LogP contribution is -2.54. The normalized spacial score (nSPS) is 21.4. The zero-order valence-electron chi connectivity index (χ0n) is 16.2. The van der Waals surface area contributed by atoms with E-state index in [-0.39, 0.29) is 24.1 Å². The van der Waals surface area contributed by atoms with Gasteiger partial charge >= 0.3 is 5.97 Å². The molecule has 0 saturated carbocycles. The fourth-order valence-electron chi connectivity index (χ4n) is 3.46. The molecule has 1 fully saturated rings. The number of aliphatic carboxylic acids is 1. The van der Waals surface area contributed by atoms with E-state index in [0.717, 1.165) is 5.56 Å². The number of benzene rings is 1. The minimum atomic E-state index is -1.31. The summed E-state index contributed by atoms with van der Waals surface area (Å²) in [4.78, 5) is 61.4. The molecule has 5 N–H and O–H groups in total. The Hall–Kier alpha value is -3.08. The summed E-state index contributed by atoms with van der Waals surface area (Å²) in [6.45, 7) is 1.42. The van der Waals surface area contributed by atoms with E-state index in [9.17, 15) is 29.1 Å². The van der Waals surface area contributed by atoms with Crippen molar-refractivity contribution in [1.82, 2.24) is 15.5 Å². The number of fused-ring (bicyclic) bond motifs is 3. The highest BCUT2D eigenvalue weighted by molar-refractivity contribution is 7.99. The summed E-state index contributed by atoms with van der Waals surface area (Å²) in [5, 5.41) is 13.8. The van der Waals surface area contributed by atoms with E-state index in [2.05, 4.69) is 10.6 Å². The zero-order chi connectivity index (χ0) is 22.0. The molecule has 2 heterocycles. The number of carbonyl (C=O) groups excluding carboxylic acids is 4. The summed E-state index contributed by atoms with van der Waals surface area (Å²) in [6, 6.07) is 4.12. The molecule has 4 unspecified atom stereocenters. The topological polar surface area (TPSA) is 159 Å². The molecule has 10 nitrogen and oxygen atoms in total. The van der Waals surface area contributed by atoms with Gasteiger partial charge in [-0.3, -0.25) is 19.2 Å². The minimum Gasteiger partial charge on any atom is -0.480 e. The van der Waals surface area contributed by atoms with Gasteiger partial charge in [-0.15, -0.1) is 11.8 Å². The van der Waals surface area contributed by atoms with Crippen LogP contribution in [-0.2, 0) is 19.2 Å². The van der Waals surface area contributed by atoms with Gasteiger partial charge in [-0.1, -0.05) is 18.2 Å². The molecule has 0 aliphatic carbocycles. The van der Waals surface area contributed by atoms with Gasteiger partial charge in [0.1, 0.15) is 23.5 Å². The molecule has 3 rings (SSSR count). The van der Waals surface area contributed by atoms with Gasteiger partial charge in [-0.2, -0.15) is 0 Å². The Bertz CT molecular complexity index is 907. The van der Waals surface area contributed by atoms with Crippen LogP contribution in [0, 0.1) is 0 Å². The number of thioether (sulfide) groups is 1. The van der Waals surface area contributed by atoms with Crippen LogP contribution >= 0.6 is 11.8 Å². The van der Waals surface area contributed by atoms with E-state index in [1.165, 1.54) is 23.6 Å². The smallest absolute Gasteiger partial charge is 0.326 e. The van der Waals surface area contributed by atoms with Crippen molar-refractivity contribution >= 4 is 41.4 Å². The van der Waals surface area contributed by atoms with Crippen LogP contribution in [0.5, 0.6) is 0 Å². The SMILES string of the molecule is CC(NC(=O)C1CSC2c3ccccc3C(=O)N12)C(=O)NC(CCC(N)=O)C(=O)O. The number of rotatable bonds is 8.